The number of aliphatic hydroxyl groups is 2. The Bertz CT molecular complexity index is 1360. The van der Waals surface area contributed by atoms with Gasteiger partial charge in [0, 0.05) is 35.2 Å². The van der Waals surface area contributed by atoms with E-state index in [-0.39, 0.29) is 17.5 Å². The molecule has 1 amide bonds. The zero-order valence-electron chi connectivity index (χ0n) is 21.1. The average molecular weight is 479 g/mol. The Balaban J connectivity index is 1.90. The van der Waals surface area contributed by atoms with E-state index in [1.54, 1.807) is 17.6 Å². The Morgan fingerprint density at radius 2 is 1.97 bits per heavy atom. The van der Waals surface area contributed by atoms with Crippen LogP contribution in [-0.4, -0.2) is 57.8 Å². The summed E-state index contributed by atoms with van der Waals surface area (Å²) in [5, 5.41) is 25.5. The third-order valence-electron chi connectivity index (χ3n) is 7.01. The molecule has 0 fully saturated rings. The van der Waals surface area contributed by atoms with Gasteiger partial charge in [-0.15, -0.1) is 0 Å². The molecule has 1 aromatic carbocycles. The maximum Gasteiger partial charge on any atom is 0.257 e. The van der Waals surface area contributed by atoms with E-state index in [0.29, 0.717) is 31.0 Å². The minimum atomic E-state index is -1.95. The fourth-order valence-electron chi connectivity index (χ4n) is 5.00. The van der Waals surface area contributed by atoms with Gasteiger partial charge in [0.15, 0.2) is 5.60 Å². The summed E-state index contributed by atoms with van der Waals surface area (Å²) in [6.45, 7) is 6.54. The molecule has 0 radical (unpaired) electrons. The molecule has 35 heavy (non-hydrogen) atoms. The first-order chi connectivity index (χ1) is 16.7. The summed E-state index contributed by atoms with van der Waals surface area (Å²) in [5.41, 5.74) is 3.14. The van der Waals surface area contributed by atoms with Gasteiger partial charge in [-0.2, -0.15) is 0 Å². The summed E-state index contributed by atoms with van der Waals surface area (Å²) < 4.78 is 1.59. The summed E-state index contributed by atoms with van der Waals surface area (Å²) in [4.78, 5) is 33.5. The predicted octanol–water partition coefficient (Wildman–Crippen LogP) is 2.06. The van der Waals surface area contributed by atoms with Crippen molar-refractivity contribution >= 4 is 16.8 Å². The van der Waals surface area contributed by atoms with Crippen LogP contribution in [0.2, 0.25) is 0 Å². The molecule has 8 nitrogen and oxygen atoms in total. The van der Waals surface area contributed by atoms with E-state index in [1.165, 1.54) is 0 Å². The second kappa shape index (κ2) is 9.53. The number of carbonyl (C=O) groups excluding carboxylic acids is 1. The number of aryl methyl sites for hydroxylation is 2. The number of aliphatic hydroxyl groups excluding tert-OH is 1. The zero-order chi connectivity index (χ0) is 25.5. The number of nitrogens with zero attached hydrogens (tertiary/aromatic N) is 3. The number of hydrogen-bond donors (Lipinski definition) is 3. The van der Waals surface area contributed by atoms with Gasteiger partial charge in [0.25, 0.3) is 11.5 Å². The molecule has 186 valence electrons. The topological polar surface area (TPSA) is 108 Å². The first-order valence-corrected chi connectivity index (χ1v) is 12.1. The van der Waals surface area contributed by atoms with E-state index in [1.807, 2.05) is 38.1 Å². The smallest absolute Gasteiger partial charge is 0.257 e. The molecule has 1 atom stereocenters. The molecule has 0 spiro atoms. The Hall–Kier alpha value is -3.07. The van der Waals surface area contributed by atoms with Crippen LogP contribution >= 0.6 is 0 Å². The van der Waals surface area contributed by atoms with Gasteiger partial charge in [-0.3, -0.25) is 9.59 Å². The van der Waals surface area contributed by atoms with Gasteiger partial charge < -0.3 is 25.0 Å². The van der Waals surface area contributed by atoms with Gasteiger partial charge in [-0.25, -0.2) is 4.98 Å². The Labute approximate surface area is 205 Å². The highest BCUT2D eigenvalue weighted by Crippen LogP contribution is 2.38. The normalized spacial score (nSPS) is 14.2. The molecule has 0 saturated heterocycles. The molecule has 0 aliphatic carbocycles. The molecule has 1 aliphatic rings. The number of hydrogen-bond acceptors (Lipinski definition) is 6. The van der Waals surface area contributed by atoms with Crippen molar-refractivity contribution in [2.24, 2.45) is 0 Å². The van der Waals surface area contributed by atoms with Crippen LogP contribution in [0.5, 0.6) is 0 Å². The molecule has 1 aliphatic heterocycles. The minimum Gasteiger partial charge on any atom is -0.391 e. The number of carbonyl (C=O) groups is 1. The highest BCUT2D eigenvalue weighted by Gasteiger charge is 2.40. The van der Waals surface area contributed by atoms with Crippen molar-refractivity contribution in [2.75, 3.05) is 27.2 Å². The van der Waals surface area contributed by atoms with Crippen LogP contribution in [0.4, 0.5) is 0 Å². The molecule has 3 heterocycles. The van der Waals surface area contributed by atoms with Crippen molar-refractivity contribution in [3.05, 3.63) is 62.4 Å². The van der Waals surface area contributed by atoms with E-state index in [2.05, 4.69) is 18.3 Å². The van der Waals surface area contributed by atoms with Crippen LogP contribution < -0.4 is 10.9 Å². The van der Waals surface area contributed by atoms with E-state index < -0.39 is 23.7 Å². The Morgan fingerprint density at radius 3 is 2.60 bits per heavy atom. The molecule has 0 unspecified atom stereocenters. The van der Waals surface area contributed by atoms with Gasteiger partial charge in [0.05, 0.1) is 30.1 Å². The highest BCUT2D eigenvalue weighted by molar-refractivity contribution is 5.90. The summed E-state index contributed by atoms with van der Waals surface area (Å²) in [7, 11) is 3.78. The molecule has 0 bridgehead atoms. The van der Waals surface area contributed by atoms with Gasteiger partial charge in [-0.05, 0) is 57.6 Å². The van der Waals surface area contributed by atoms with Crippen LogP contribution in [0, 0.1) is 6.92 Å². The van der Waals surface area contributed by atoms with Crippen LogP contribution in [0.15, 0.2) is 29.1 Å². The minimum absolute atomic E-state index is 0.0344. The lowest BCUT2D eigenvalue weighted by atomic mass is 9.86. The van der Waals surface area contributed by atoms with Crippen LogP contribution in [0.3, 0.4) is 0 Å². The molecular weight excluding hydrogens is 444 g/mol. The standard InChI is InChI=1S/C27H34N4O4/c1-6-17-18-12-16(3)8-9-22(18)29-24-19(17)14-31-23(24)13-21(20(15-32)25(31)33)27(35,7-2)26(34)28-10-11-30(4)5/h8-9,12-13,32,35H,6-7,10-11,14-15H2,1-5H3,(H,28,34)/t27-/m0/s1. The molecule has 3 N–H and O–H groups in total. The van der Waals surface area contributed by atoms with Gasteiger partial charge >= 0.3 is 0 Å². The van der Waals surface area contributed by atoms with E-state index in [9.17, 15) is 19.8 Å². The van der Waals surface area contributed by atoms with E-state index in [0.717, 1.165) is 34.0 Å². The lowest BCUT2D eigenvalue weighted by Crippen LogP contribution is -2.47. The third kappa shape index (κ3) is 4.16. The van der Waals surface area contributed by atoms with Crippen molar-refractivity contribution in [1.29, 1.82) is 0 Å². The van der Waals surface area contributed by atoms with Crippen LogP contribution in [0.25, 0.3) is 22.3 Å². The van der Waals surface area contributed by atoms with Crippen molar-refractivity contribution in [1.82, 2.24) is 19.8 Å². The summed E-state index contributed by atoms with van der Waals surface area (Å²) >= 11 is 0. The highest BCUT2D eigenvalue weighted by atomic mass is 16.3. The number of rotatable bonds is 8. The average Bonchev–Trinajstić information content (AvgIpc) is 3.20. The number of nitrogens with one attached hydrogen (secondary N) is 1. The monoisotopic (exact) mass is 478 g/mol. The predicted molar refractivity (Wildman–Crippen MR) is 136 cm³/mol. The number of pyridine rings is 2. The van der Waals surface area contributed by atoms with Crippen molar-refractivity contribution < 1.29 is 15.0 Å². The number of benzene rings is 1. The largest absolute Gasteiger partial charge is 0.391 e. The fraction of sp³-hybridized carbons (Fsp3) is 0.444. The third-order valence-corrected chi connectivity index (χ3v) is 7.01. The second-order valence-electron chi connectivity index (χ2n) is 9.54. The first-order valence-electron chi connectivity index (χ1n) is 12.1. The van der Waals surface area contributed by atoms with Crippen molar-refractivity contribution in [2.45, 2.75) is 52.4 Å². The number of aromatic nitrogens is 2. The van der Waals surface area contributed by atoms with Gasteiger partial charge in [0.2, 0.25) is 0 Å². The molecule has 0 saturated carbocycles. The van der Waals surface area contributed by atoms with E-state index in [4.69, 9.17) is 4.98 Å². The van der Waals surface area contributed by atoms with Gasteiger partial charge in [-0.1, -0.05) is 25.5 Å². The van der Waals surface area contributed by atoms with Crippen molar-refractivity contribution in [3.8, 4) is 11.4 Å². The molecule has 4 rings (SSSR count). The molecule has 3 aromatic rings. The summed E-state index contributed by atoms with van der Waals surface area (Å²) in [6, 6.07) is 7.78. The molecular formula is C27H34N4O4. The number of amides is 1. The Morgan fingerprint density at radius 1 is 1.23 bits per heavy atom. The summed E-state index contributed by atoms with van der Waals surface area (Å²) in [6.07, 6.45) is 0.828. The quantitative estimate of drug-likeness (QED) is 0.358. The maximum atomic E-state index is 13.5. The SMILES string of the molecule is CCc1c2c(nc3ccc(C)cc13)-c1cc([C@@](O)(CC)C(=O)NCCN(C)C)c(CO)c(=O)n1C2. The van der Waals surface area contributed by atoms with Crippen LogP contribution in [-0.2, 0) is 30.0 Å². The number of fused-ring (bicyclic) bond motifs is 4. The first kappa shape index (κ1) is 25.0. The molecule has 2 aromatic heterocycles. The van der Waals surface area contributed by atoms with Gasteiger partial charge in [0.1, 0.15) is 0 Å². The Kier molecular flexibility index (Phi) is 6.81. The second-order valence-corrected chi connectivity index (χ2v) is 9.54. The zero-order valence-corrected chi connectivity index (χ0v) is 21.1. The van der Waals surface area contributed by atoms with E-state index >= 15 is 0 Å². The number of likely N-dealkylation sites (N-methyl/N-ethyl adjacent to an activating group) is 1. The lowest BCUT2D eigenvalue weighted by molar-refractivity contribution is -0.141. The molecule has 8 heteroatoms. The fourth-order valence-corrected chi connectivity index (χ4v) is 5.00. The lowest BCUT2D eigenvalue weighted by Gasteiger charge is -2.29. The maximum absolute atomic E-state index is 13.5. The summed E-state index contributed by atoms with van der Waals surface area (Å²) in [5.74, 6) is -0.588. The van der Waals surface area contributed by atoms with Crippen molar-refractivity contribution in [3.63, 3.8) is 0 Å². The van der Waals surface area contributed by atoms with Crippen LogP contribution in [0.1, 0.15) is 48.1 Å².